The molecule has 1 heterocycles. The Morgan fingerprint density at radius 2 is 2.44 bits per heavy atom. The van der Waals surface area contributed by atoms with Crippen molar-refractivity contribution in [3.63, 3.8) is 0 Å². The third-order valence-corrected chi connectivity index (χ3v) is 2.32. The molecule has 1 fully saturated rings. The molecule has 0 saturated carbocycles. The van der Waals surface area contributed by atoms with Crippen LogP contribution in [0.1, 0.15) is 0 Å². The standard InChI is InChI=1S/C11H10N2O3/c1-15-9-4-2-3-8(5-9)13-7-10(6-12)16-11(13)14/h2-5,10H,7H2,1H3. The van der Waals surface area contributed by atoms with Gasteiger partial charge in [0.2, 0.25) is 6.10 Å². The number of cyclic esters (lactones) is 1. The normalized spacial score (nSPS) is 19.1. The van der Waals surface area contributed by atoms with Crippen molar-refractivity contribution < 1.29 is 14.3 Å². The summed E-state index contributed by atoms with van der Waals surface area (Å²) in [5.41, 5.74) is 0.669. The van der Waals surface area contributed by atoms with E-state index >= 15 is 0 Å². The number of ether oxygens (including phenoxy) is 2. The Kier molecular flexibility index (Phi) is 2.64. The fourth-order valence-electron chi connectivity index (χ4n) is 1.52. The molecule has 1 aromatic rings. The summed E-state index contributed by atoms with van der Waals surface area (Å²) >= 11 is 0. The van der Waals surface area contributed by atoms with E-state index < -0.39 is 12.2 Å². The molecular weight excluding hydrogens is 208 g/mol. The number of rotatable bonds is 2. The molecule has 5 nitrogen and oxygen atoms in total. The predicted molar refractivity (Wildman–Crippen MR) is 56.2 cm³/mol. The first kappa shape index (κ1) is 10.3. The molecule has 1 unspecified atom stereocenters. The van der Waals surface area contributed by atoms with Gasteiger partial charge in [0.1, 0.15) is 11.8 Å². The molecule has 0 spiro atoms. The predicted octanol–water partition coefficient (Wildman–Crippen LogP) is 1.54. The molecule has 1 aliphatic heterocycles. The maximum Gasteiger partial charge on any atom is 0.415 e. The minimum atomic E-state index is -0.696. The van der Waals surface area contributed by atoms with E-state index in [9.17, 15) is 4.79 Å². The summed E-state index contributed by atoms with van der Waals surface area (Å²) in [4.78, 5) is 12.9. The molecule has 2 rings (SSSR count). The summed E-state index contributed by atoms with van der Waals surface area (Å²) < 4.78 is 9.90. The van der Waals surface area contributed by atoms with Gasteiger partial charge >= 0.3 is 6.09 Å². The second-order valence-electron chi connectivity index (χ2n) is 3.31. The molecule has 0 bridgehead atoms. The van der Waals surface area contributed by atoms with Crippen molar-refractivity contribution in [1.29, 1.82) is 5.26 Å². The Balaban J connectivity index is 2.24. The van der Waals surface area contributed by atoms with E-state index in [-0.39, 0.29) is 6.54 Å². The lowest BCUT2D eigenvalue weighted by molar-refractivity contribution is 0.162. The molecule has 0 radical (unpaired) electrons. The Bertz CT molecular complexity index is 453. The van der Waals surface area contributed by atoms with Crippen LogP contribution >= 0.6 is 0 Å². The van der Waals surface area contributed by atoms with Gasteiger partial charge in [0, 0.05) is 6.07 Å². The molecule has 82 valence electrons. The van der Waals surface area contributed by atoms with Gasteiger partial charge in [0.15, 0.2) is 0 Å². The number of carbonyl (C=O) groups excluding carboxylic acids is 1. The molecule has 5 heteroatoms. The van der Waals surface area contributed by atoms with Crippen LogP contribution in [0.15, 0.2) is 24.3 Å². The molecule has 1 atom stereocenters. The summed E-state index contributed by atoms with van der Waals surface area (Å²) in [6.45, 7) is 0.252. The Morgan fingerprint density at radius 3 is 3.06 bits per heavy atom. The number of amides is 1. The van der Waals surface area contributed by atoms with Crippen LogP contribution in [0.25, 0.3) is 0 Å². The quantitative estimate of drug-likeness (QED) is 0.755. The number of nitrogens with zero attached hydrogens (tertiary/aromatic N) is 2. The van der Waals surface area contributed by atoms with Crippen LogP contribution in [0.3, 0.4) is 0 Å². The summed E-state index contributed by atoms with van der Waals surface area (Å²) in [6.07, 6.45) is -1.20. The summed E-state index contributed by atoms with van der Waals surface area (Å²) in [7, 11) is 1.56. The highest BCUT2D eigenvalue weighted by Crippen LogP contribution is 2.25. The van der Waals surface area contributed by atoms with Crippen LogP contribution in [-0.2, 0) is 4.74 Å². The van der Waals surface area contributed by atoms with E-state index in [1.165, 1.54) is 4.90 Å². The number of benzene rings is 1. The Morgan fingerprint density at radius 1 is 1.62 bits per heavy atom. The lowest BCUT2D eigenvalue weighted by Crippen LogP contribution is -2.24. The van der Waals surface area contributed by atoms with E-state index in [0.717, 1.165) is 0 Å². The zero-order chi connectivity index (χ0) is 11.5. The molecule has 0 N–H and O–H groups in total. The first-order chi connectivity index (χ1) is 7.74. The second-order valence-corrected chi connectivity index (χ2v) is 3.31. The minimum Gasteiger partial charge on any atom is -0.497 e. The fraction of sp³-hybridized carbons (Fsp3) is 0.273. The van der Waals surface area contributed by atoms with Crippen LogP contribution in [0.2, 0.25) is 0 Å². The summed E-state index contributed by atoms with van der Waals surface area (Å²) in [6, 6.07) is 8.96. The summed E-state index contributed by atoms with van der Waals surface area (Å²) in [5, 5.41) is 8.67. The maximum absolute atomic E-state index is 11.5. The van der Waals surface area contributed by atoms with Gasteiger partial charge in [0.25, 0.3) is 0 Å². The fourth-order valence-corrected chi connectivity index (χ4v) is 1.52. The number of methoxy groups -OCH3 is 1. The molecule has 0 aliphatic carbocycles. The highest BCUT2D eigenvalue weighted by molar-refractivity contribution is 5.90. The molecule has 1 saturated heterocycles. The van der Waals surface area contributed by atoms with Gasteiger partial charge in [-0.05, 0) is 12.1 Å². The van der Waals surface area contributed by atoms with Crippen molar-refractivity contribution >= 4 is 11.8 Å². The first-order valence-corrected chi connectivity index (χ1v) is 4.76. The Hall–Kier alpha value is -2.22. The van der Waals surface area contributed by atoms with Crippen LogP contribution in [0.5, 0.6) is 5.75 Å². The molecule has 0 aromatic heterocycles. The molecular formula is C11H10N2O3. The van der Waals surface area contributed by atoms with Crippen molar-refractivity contribution in [3.8, 4) is 11.8 Å². The SMILES string of the molecule is COc1cccc(N2CC(C#N)OC2=O)c1. The molecule has 16 heavy (non-hydrogen) atoms. The number of nitriles is 1. The van der Waals surface area contributed by atoms with E-state index in [0.29, 0.717) is 11.4 Å². The number of carbonyl (C=O) groups is 1. The Labute approximate surface area is 92.8 Å². The average molecular weight is 218 g/mol. The lowest BCUT2D eigenvalue weighted by Gasteiger charge is -2.13. The molecule has 1 amide bonds. The largest absolute Gasteiger partial charge is 0.497 e. The average Bonchev–Trinajstić information content (AvgIpc) is 2.71. The first-order valence-electron chi connectivity index (χ1n) is 4.76. The highest BCUT2D eigenvalue weighted by atomic mass is 16.6. The van der Waals surface area contributed by atoms with Gasteiger partial charge in [-0.1, -0.05) is 6.07 Å². The maximum atomic E-state index is 11.5. The van der Waals surface area contributed by atoms with Crippen LogP contribution < -0.4 is 9.64 Å². The van der Waals surface area contributed by atoms with Crippen molar-refractivity contribution in [2.24, 2.45) is 0 Å². The topological polar surface area (TPSA) is 62.6 Å². The lowest BCUT2D eigenvalue weighted by atomic mass is 10.2. The van der Waals surface area contributed by atoms with Gasteiger partial charge in [-0.25, -0.2) is 4.79 Å². The van der Waals surface area contributed by atoms with Crippen LogP contribution in [-0.4, -0.2) is 25.9 Å². The van der Waals surface area contributed by atoms with Crippen LogP contribution in [0, 0.1) is 11.3 Å². The van der Waals surface area contributed by atoms with Gasteiger partial charge < -0.3 is 9.47 Å². The third-order valence-electron chi connectivity index (χ3n) is 2.32. The van der Waals surface area contributed by atoms with Crippen molar-refractivity contribution in [2.75, 3.05) is 18.6 Å². The number of hydrogen-bond donors (Lipinski definition) is 0. The van der Waals surface area contributed by atoms with Gasteiger partial charge in [-0.15, -0.1) is 0 Å². The van der Waals surface area contributed by atoms with Gasteiger partial charge in [0.05, 0.1) is 19.3 Å². The monoisotopic (exact) mass is 218 g/mol. The van der Waals surface area contributed by atoms with E-state index in [4.69, 9.17) is 14.7 Å². The zero-order valence-corrected chi connectivity index (χ0v) is 8.71. The third kappa shape index (κ3) is 1.77. The minimum absolute atomic E-state index is 0.252. The van der Waals surface area contributed by atoms with Crippen LogP contribution in [0.4, 0.5) is 10.5 Å². The molecule has 1 aliphatic rings. The molecule has 1 aromatic carbocycles. The summed E-state index contributed by atoms with van der Waals surface area (Å²) in [5.74, 6) is 0.658. The van der Waals surface area contributed by atoms with E-state index in [1.807, 2.05) is 6.07 Å². The van der Waals surface area contributed by atoms with E-state index in [1.54, 1.807) is 31.4 Å². The van der Waals surface area contributed by atoms with Gasteiger partial charge in [-0.2, -0.15) is 5.26 Å². The smallest absolute Gasteiger partial charge is 0.415 e. The highest BCUT2D eigenvalue weighted by Gasteiger charge is 2.32. The second kappa shape index (κ2) is 4.11. The van der Waals surface area contributed by atoms with Gasteiger partial charge in [-0.3, -0.25) is 4.90 Å². The van der Waals surface area contributed by atoms with E-state index in [2.05, 4.69) is 0 Å². The number of anilines is 1. The number of hydrogen-bond acceptors (Lipinski definition) is 4. The van der Waals surface area contributed by atoms with Crippen molar-refractivity contribution in [3.05, 3.63) is 24.3 Å². The van der Waals surface area contributed by atoms with Crippen molar-refractivity contribution in [2.45, 2.75) is 6.10 Å². The zero-order valence-electron chi connectivity index (χ0n) is 8.71. The van der Waals surface area contributed by atoms with Crippen molar-refractivity contribution in [1.82, 2.24) is 0 Å².